The molecule has 0 spiro atoms. The molecule has 4 rings (SSSR count). The number of amides is 1. The lowest BCUT2D eigenvalue weighted by molar-refractivity contribution is -0.142. The number of aromatic carboxylic acids is 1. The van der Waals surface area contributed by atoms with Crippen molar-refractivity contribution in [3.05, 3.63) is 23.3 Å². The van der Waals surface area contributed by atoms with Crippen LogP contribution in [0, 0.1) is 0 Å². The number of fused-ring (bicyclic) bond motifs is 1. The third kappa shape index (κ3) is 3.49. The van der Waals surface area contributed by atoms with Crippen LogP contribution in [0.4, 0.5) is 0 Å². The lowest BCUT2D eigenvalue weighted by Gasteiger charge is -2.40. The summed E-state index contributed by atoms with van der Waals surface area (Å²) in [7, 11) is -1.01. The SMILES string of the molecule is C[C@H]1CC[C@@H](C(=O)N2CC(Oc3ccc4c(c3C(=O)O)OB(O)CC4)C2)N1. The first-order valence-electron chi connectivity index (χ1n) is 9.37. The molecule has 3 heterocycles. The van der Waals surface area contributed by atoms with Crippen molar-refractivity contribution in [2.75, 3.05) is 13.1 Å². The molecular weight excluding hydrogens is 351 g/mol. The summed E-state index contributed by atoms with van der Waals surface area (Å²) < 4.78 is 11.2. The number of likely N-dealkylation sites (tertiary alicyclic amines) is 1. The van der Waals surface area contributed by atoms with E-state index in [2.05, 4.69) is 12.2 Å². The molecule has 3 N–H and O–H groups in total. The van der Waals surface area contributed by atoms with Gasteiger partial charge in [-0.25, -0.2) is 4.79 Å². The molecular formula is C18H23BN2O6. The standard InChI is InChI=1S/C18H23BN2O6/c1-10-2-4-13(20-10)17(22)21-8-12(9-21)26-14-5-3-11-6-7-19(25)27-16(11)15(14)18(23)24/h3,5,10,12-13,20,25H,2,4,6-9H2,1H3,(H,23,24)/t10-,13-/m0/s1. The zero-order chi connectivity index (χ0) is 19.1. The van der Waals surface area contributed by atoms with Crippen molar-refractivity contribution >= 4 is 19.0 Å². The summed E-state index contributed by atoms with van der Waals surface area (Å²) in [5.74, 6) is -0.697. The molecule has 1 aromatic rings. The van der Waals surface area contributed by atoms with E-state index in [1.807, 2.05) is 0 Å². The molecule has 27 heavy (non-hydrogen) atoms. The number of carbonyl (C=O) groups excluding carboxylic acids is 1. The Morgan fingerprint density at radius 2 is 2.11 bits per heavy atom. The molecule has 0 aliphatic carbocycles. The Balaban J connectivity index is 1.43. The second-order valence-electron chi connectivity index (χ2n) is 7.52. The highest BCUT2D eigenvalue weighted by atomic mass is 16.5. The first-order valence-corrected chi connectivity index (χ1v) is 9.37. The van der Waals surface area contributed by atoms with Crippen molar-refractivity contribution in [1.82, 2.24) is 10.2 Å². The highest BCUT2D eigenvalue weighted by Crippen LogP contribution is 2.37. The number of nitrogens with zero attached hydrogens (tertiary/aromatic N) is 1. The van der Waals surface area contributed by atoms with Gasteiger partial charge in [-0.2, -0.15) is 0 Å². The first-order chi connectivity index (χ1) is 12.9. The molecule has 0 unspecified atom stereocenters. The van der Waals surface area contributed by atoms with Crippen LogP contribution in [-0.2, 0) is 11.2 Å². The van der Waals surface area contributed by atoms with Crippen molar-refractivity contribution < 1.29 is 29.1 Å². The molecule has 0 radical (unpaired) electrons. The fourth-order valence-corrected chi connectivity index (χ4v) is 3.93. The van der Waals surface area contributed by atoms with Gasteiger partial charge in [0.25, 0.3) is 0 Å². The smallest absolute Gasteiger partial charge is 0.522 e. The monoisotopic (exact) mass is 374 g/mol. The fraction of sp³-hybridized carbons (Fsp3) is 0.556. The van der Waals surface area contributed by atoms with E-state index in [4.69, 9.17) is 9.39 Å². The molecule has 2 fully saturated rings. The van der Waals surface area contributed by atoms with E-state index in [1.165, 1.54) is 0 Å². The quantitative estimate of drug-likeness (QED) is 0.660. The Labute approximate surface area is 157 Å². The maximum Gasteiger partial charge on any atom is 0.522 e. The summed E-state index contributed by atoms with van der Waals surface area (Å²) >= 11 is 0. The van der Waals surface area contributed by atoms with Gasteiger partial charge >= 0.3 is 13.1 Å². The summed E-state index contributed by atoms with van der Waals surface area (Å²) in [4.78, 5) is 25.9. The molecule has 3 aliphatic rings. The average molecular weight is 374 g/mol. The van der Waals surface area contributed by atoms with E-state index in [-0.39, 0.29) is 35.1 Å². The minimum absolute atomic E-state index is 0.0673. The van der Waals surface area contributed by atoms with Crippen molar-refractivity contribution in [3.63, 3.8) is 0 Å². The molecule has 144 valence electrons. The number of aryl methyl sites for hydroxylation is 1. The van der Waals surface area contributed by atoms with Crippen LogP contribution < -0.4 is 14.7 Å². The second-order valence-corrected chi connectivity index (χ2v) is 7.52. The maximum atomic E-state index is 12.4. The van der Waals surface area contributed by atoms with Crippen LogP contribution >= 0.6 is 0 Å². The second kappa shape index (κ2) is 7.05. The molecule has 0 bridgehead atoms. The summed E-state index contributed by atoms with van der Waals surface area (Å²) in [5.41, 5.74) is 0.680. The van der Waals surface area contributed by atoms with E-state index in [0.29, 0.717) is 31.9 Å². The molecule has 0 aromatic heterocycles. The zero-order valence-corrected chi connectivity index (χ0v) is 15.2. The predicted molar refractivity (Wildman–Crippen MR) is 97.1 cm³/mol. The zero-order valence-electron chi connectivity index (χ0n) is 15.2. The van der Waals surface area contributed by atoms with Gasteiger partial charge in [0.2, 0.25) is 5.91 Å². The van der Waals surface area contributed by atoms with Gasteiger partial charge in [-0.3, -0.25) is 4.79 Å². The average Bonchev–Trinajstić information content (AvgIpc) is 3.02. The molecule has 1 amide bonds. The highest BCUT2D eigenvalue weighted by molar-refractivity contribution is 6.44. The summed E-state index contributed by atoms with van der Waals surface area (Å²) in [5, 5.41) is 22.6. The molecule has 2 atom stereocenters. The molecule has 1 aromatic carbocycles. The number of rotatable bonds is 4. The van der Waals surface area contributed by atoms with Gasteiger partial charge < -0.3 is 29.7 Å². The van der Waals surface area contributed by atoms with E-state index < -0.39 is 13.1 Å². The summed E-state index contributed by atoms with van der Waals surface area (Å²) in [6.07, 6.45) is 2.57. The van der Waals surface area contributed by atoms with Gasteiger partial charge in [0, 0.05) is 6.04 Å². The van der Waals surface area contributed by atoms with E-state index in [1.54, 1.807) is 17.0 Å². The molecule has 9 heteroatoms. The van der Waals surface area contributed by atoms with Crippen molar-refractivity contribution in [2.24, 2.45) is 0 Å². The van der Waals surface area contributed by atoms with Crippen LogP contribution in [0.15, 0.2) is 12.1 Å². The number of ether oxygens (including phenoxy) is 1. The third-order valence-electron chi connectivity index (χ3n) is 5.45. The van der Waals surface area contributed by atoms with Crippen molar-refractivity contribution in [3.8, 4) is 11.5 Å². The van der Waals surface area contributed by atoms with Crippen LogP contribution in [0.5, 0.6) is 11.5 Å². The molecule has 3 aliphatic heterocycles. The fourth-order valence-electron chi connectivity index (χ4n) is 3.93. The Bertz CT molecular complexity index is 766. The lowest BCUT2D eigenvalue weighted by atomic mass is 9.78. The molecule has 2 saturated heterocycles. The largest absolute Gasteiger partial charge is 0.535 e. The van der Waals surface area contributed by atoms with Crippen LogP contribution in [-0.4, -0.2) is 65.3 Å². The van der Waals surface area contributed by atoms with E-state index >= 15 is 0 Å². The molecule has 8 nitrogen and oxygen atoms in total. The number of benzene rings is 1. The predicted octanol–water partition coefficient (Wildman–Crippen LogP) is 0.530. The number of nitrogens with one attached hydrogen (secondary N) is 1. The summed E-state index contributed by atoms with van der Waals surface area (Å²) in [6.45, 7) is 2.94. The number of carboxylic acids is 1. The summed E-state index contributed by atoms with van der Waals surface area (Å²) in [6, 6.07) is 3.63. The Kier molecular flexibility index (Phi) is 4.73. The number of carbonyl (C=O) groups is 2. The highest BCUT2D eigenvalue weighted by Gasteiger charge is 2.39. The van der Waals surface area contributed by atoms with E-state index in [0.717, 1.165) is 18.4 Å². The maximum absolute atomic E-state index is 12.4. The number of hydrogen-bond donors (Lipinski definition) is 3. The normalized spacial score (nSPS) is 24.8. The molecule has 0 saturated carbocycles. The van der Waals surface area contributed by atoms with Crippen molar-refractivity contribution in [2.45, 2.75) is 50.7 Å². The Morgan fingerprint density at radius 3 is 2.78 bits per heavy atom. The van der Waals surface area contributed by atoms with Crippen LogP contribution in [0.3, 0.4) is 0 Å². The van der Waals surface area contributed by atoms with Crippen molar-refractivity contribution in [1.29, 1.82) is 0 Å². The van der Waals surface area contributed by atoms with Crippen LogP contribution in [0.25, 0.3) is 0 Å². The van der Waals surface area contributed by atoms with Crippen LogP contribution in [0.1, 0.15) is 35.7 Å². The van der Waals surface area contributed by atoms with Gasteiger partial charge in [-0.15, -0.1) is 0 Å². The minimum atomic E-state index is -1.16. The Hall–Kier alpha value is -2.26. The van der Waals surface area contributed by atoms with E-state index in [9.17, 15) is 19.7 Å². The first kappa shape index (κ1) is 18.1. The van der Waals surface area contributed by atoms with Gasteiger partial charge in [0.05, 0.1) is 19.1 Å². The van der Waals surface area contributed by atoms with Gasteiger partial charge in [0.1, 0.15) is 23.2 Å². The third-order valence-corrected chi connectivity index (χ3v) is 5.45. The number of hydrogen-bond acceptors (Lipinski definition) is 6. The van der Waals surface area contributed by atoms with Gasteiger partial charge in [0.15, 0.2) is 0 Å². The Morgan fingerprint density at radius 1 is 1.33 bits per heavy atom. The number of carboxylic acid groups (broad SMARTS) is 1. The van der Waals surface area contributed by atoms with Gasteiger partial charge in [-0.05, 0) is 44.1 Å². The lowest BCUT2D eigenvalue weighted by Crippen LogP contribution is -2.60. The topological polar surface area (TPSA) is 108 Å². The van der Waals surface area contributed by atoms with Gasteiger partial charge in [-0.1, -0.05) is 6.07 Å². The minimum Gasteiger partial charge on any atom is -0.535 e. The van der Waals surface area contributed by atoms with Crippen LogP contribution in [0.2, 0.25) is 6.32 Å².